The number of methoxy groups -OCH3 is 1. The highest BCUT2D eigenvalue weighted by Gasteiger charge is 2.03. The molecule has 0 aliphatic rings. The molecule has 3 nitrogen and oxygen atoms in total. The average Bonchev–Trinajstić information content (AvgIpc) is 2.52. The molecule has 0 radical (unpaired) electrons. The predicted molar refractivity (Wildman–Crippen MR) is 89.0 cm³/mol. The summed E-state index contributed by atoms with van der Waals surface area (Å²) in [7, 11) is 1.69. The van der Waals surface area contributed by atoms with Gasteiger partial charge in [-0.25, -0.2) is 0 Å². The number of hydrogen-bond donors (Lipinski definition) is 1. The minimum atomic E-state index is 0.715. The Labute approximate surface area is 134 Å². The molecule has 0 atom stereocenters. The van der Waals surface area contributed by atoms with Crippen LogP contribution in [0.3, 0.4) is 0 Å². The molecule has 0 fully saturated rings. The van der Waals surface area contributed by atoms with E-state index in [9.17, 15) is 0 Å². The number of rotatable bonds is 8. The summed E-state index contributed by atoms with van der Waals surface area (Å²) in [5, 5.41) is 3.41. The molecule has 2 aromatic rings. The van der Waals surface area contributed by atoms with Crippen LogP contribution in [-0.4, -0.2) is 20.3 Å². The second-order valence-corrected chi connectivity index (χ2v) is 5.56. The minimum absolute atomic E-state index is 0.715. The van der Waals surface area contributed by atoms with Gasteiger partial charge in [0.25, 0.3) is 0 Å². The Morgan fingerprint density at radius 2 is 1.90 bits per heavy atom. The molecule has 21 heavy (non-hydrogen) atoms. The summed E-state index contributed by atoms with van der Waals surface area (Å²) in [6.45, 7) is 2.41. The van der Waals surface area contributed by atoms with Crippen LogP contribution in [0.5, 0.6) is 11.5 Å². The molecule has 0 amide bonds. The molecule has 0 aromatic heterocycles. The Morgan fingerprint density at radius 3 is 2.67 bits per heavy atom. The summed E-state index contributed by atoms with van der Waals surface area (Å²) in [6.07, 6.45) is 0.964. The van der Waals surface area contributed by atoms with Crippen molar-refractivity contribution < 1.29 is 9.47 Å². The summed E-state index contributed by atoms with van der Waals surface area (Å²) >= 11 is 3.48. The van der Waals surface area contributed by atoms with Gasteiger partial charge in [-0.1, -0.05) is 34.1 Å². The van der Waals surface area contributed by atoms with Crippen molar-refractivity contribution in [2.45, 2.75) is 13.0 Å². The largest absolute Gasteiger partial charge is 0.496 e. The molecule has 0 aliphatic heterocycles. The normalized spacial score (nSPS) is 10.4. The highest BCUT2D eigenvalue weighted by Crippen LogP contribution is 2.22. The van der Waals surface area contributed by atoms with Gasteiger partial charge in [0.1, 0.15) is 11.5 Å². The van der Waals surface area contributed by atoms with Crippen LogP contribution in [0.25, 0.3) is 0 Å². The van der Waals surface area contributed by atoms with E-state index in [2.05, 4.69) is 27.3 Å². The first-order valence-corrected chi connectivity index (χ1v) is 7.80. The van der Waals surface area contributed by atoms with E-state index in [0.29, 0.717) is 6.61 Å². The van der Waals surface area contributed by atoms with E-state index in [0.717, 1.165) is 41.0 Å². The molecular formula is C17H20BrNO2. The third-order valence-electron chi connectivity index (χ3n) is 3.07. The van der Waals surface area contributed by atoms with E-state index >= 15 is 0 Å². The zero-order valence-electron chi connectivity index (χ0n) is 12.1. The highest BCUT2D eigenvalue weighted by atomic mass is 79.9. The fourth-order valence-corrected chi connectivity index (χ4v) is 2.42. The Hall–Kier alpha value is -1.52. The zero-order valence-corrected chi connectivity index (χ0v) is 13.7. The number of halogens is 1. The van der Waals surface area contributed by atoms with E-state index in [4.69, 9.17) is 9.47 Å². The van der Waals surface area contributed by atoms with E-state index in [1.165, 1.54) is 0 Å². The van der Waals surface area contributed by atoms with E-state index < -0.39 is 0 Å². The first-order valence-electron chi connectivity index (χ1n) is 7.00. The first kappa shape index (κ1) is 15.9. The molecule has 112 valence electrons. The lowest BCUT2D eigenvalue weighted by Gasteiger charge is -2.10. The molecule has 0 saturated carbocycles. The van der Waals surface area contributed by atoms with Gasteiger partial charge in [-0.15, -0.1) is 0 Å². The number of nitrogens with one attached hydrogen (secondary N) is 1. The molecule has 0 heterocycles. The Morgan fingerprint density at radius 1 is 1.10 bits per heavy atom. The third-order valence-corrected chi connectivity index (χ3v) is 3.56. The van der Waals surface area contributed by atoms with Crippen molar-refractivity contribution in [2.75, 3.05) is 20.3 Å². The smallest absolute Gasteiger partial charge is 0.123 e. The van der Waals surface area contributed by atoms with Crippen molar-refractivity contribution in [3.05, 3.63) is 58.6 Å². The summed E-state index contributed by atoms with van der Waals surface area (Å²) in [6, 6.07) is 15.9. The van der Waals surface area contributed by atoms with Gasteiger partial charge in [0, 0.05) is 16.6 Å². The first-order chi connectivity index (χ1) is 10.3. The Kier molecular flexibility index (Phi) is 6.57. The van der Waals surface area contributed by atoms with E-state index in [1.54, 1.807) is 7.11 Å². The molecule has 1 N–H and O–H groups in total. The maximum absolute atomic E-state index is 5.65. The maximum atomic E-state index is 5.65. The van der Waals surface area contributed by atoms with Crippen LogP contribution in [0.4, 0.5) is 0 Å². The van der Waals surface area contributed by atoms with Crippen molar-refractivity contribution in [3.63, 3.8) is 0 Å². The second-order valence-electron chi connectivity index (χ2n) is 4.65. The molecule has 0 unspecified atom stereocenters. The van der Waals surface area contributed by atoms with Gasteiger partial charge < -0.3 is 14.8 Å². The van der Waals surface area contributed by atoms with Crippen LogP contribution in [0.15, 0.2) is 53.0 Å². The van der Waals surface area contributed by atoms with Crippen LogP contribution >= 0.6 is 15.9 Å². The van der Waals surface area contributed by atoms with Crippen LogP contribution in [0.1, 0.15) is 12.0 Å². The highest BCUT2D eigenvalue weighted by molar-refractivity contribution is 9.10. The quantitative estimate of drug-likeness (QED) is 0.730. The zero-order chi connectivity index (χ0) is 14.9. The summed E-state index contributed by atoms with van der Waals surface area (Å²) in [5.41, 5.74) is 1.15. The van der Waals surface area contributed by atoms with Gasteiger partial charge in [0.15, 0.2) is 0 Å². The molecule has 0 aliphatic carbocycles. The molecule has 2 rings (SSSR count). The lowest BCUT2D eigenvalue weighted by Crippen LogP contribution is -2.17. The van der Waals surface area contributed by atoms with Crippen molar-refractivity contribution in [2.24, 2.45) is 0 Å². The lowest BCUT2D eigenvalue weighted by atomic mass is 10.2. The molecule has 2 aromatic carbocycles. The van der Waals surface area contributed by atoms with Crippen LogP contribution in [0, 0.1) is 0 Å². The van der Waals surface area contributed by atoms with Crippen molar-refractivity contribution in [1.29, 1.82) is 0 Å². The molecule has 4 heteroatoms. The van der Waals surface area contributed by atoms with Crippen LogP contribution in [-0.2, 0) is 6.54 Å². The van der Waals surface area contributed by atoms with Crippen molar-refractivity contribution in [3.8, 4) is 11.5 Å². The van der Waals surface area contributed by atoms with Gasteiger partial charge >= 0.3 is 0 Å². The fourth-order valence-electron chi connectivity index (χ4n) is 2.01. The van der Waals surface area contributed by atoms with Gasteiger partial charge in [-0.2, -0.15) is 0 Å². The number of para-hydroxylation sites is 1. The van der Waals surface area contributed by atoms with Crippen LogP contribution in [0.2, 0.25) is 0 Å². The number of ether oxygens (including phenoxy) is 2. The average molecular weight is 350 g/mol. The van der Waals surface area contributed by atoms with Crippen LogP contribution < -0.4 is 14.8 Å². The number of benzene rings is 2. The standard InChI is InChI=1S/C17H20BrNO2/c1-20-17-9-8-15(18)12-14(17)13-19-10-5-11-21-16-6-3-2-4-7-16/h2-4,6-9,12,19H,5,10-11,13H2,1H3. The summed E-state index contributed by atoms with van der Waals surface area (Å²) < 4.78 is 12.1. The Bertz CT molecular complexity index is 546. The maximum Gasteiger partial charge on any atom is 0.123 e. The summed E-state index contributed by atoms with van der Waals surface area (Å²) in [4.78, 5) is 0. The van der Waals surface area contributed by atoms with Gasteiger partial charge in [-0.3, -0.25) is 0 Å². The molecule has 0 saturated heterocycles. The topological polar surface area (TPSA) is 30.5 Å². The van der Waals surface area contributed by atoms with E-state index in [-0.39, 0.29) is 0 Å². The molecular weight excluding hydrogens is 330 g/mol. The predicted octanol–water partition coefficient (Wildman–Crippen LogP) is 4.02. The monoisotopic (exact) mass is 349 g/mol. The molecule has 0 spiro atoms. The SMILES string of the molecule is COc1ccc(Br)cc1CNCCCOc1ccccc1. The Balaban J connectivity index is 1.67. The minimum Gasteiger partial charge on any atom is -0.496 e. The summed E-state index contributed by atoms with van der Waals surface area (Å²) in [5.74, 6) is 1.83. The number of hydrogen-bond acceptors (Lipinski definition) is 3. The van der Waals surface area contributed by atoms with Gasteiger partial charge in [0.05, 0.1) is 13.7 Å². The lowest BCUT2D eigenvalue weighted by molar-refractivity contribution is 0.308. The van der Waals surface area contributed by atoms with E-state index in [1.807, 2.05) is 42.5 Å². The van der Waals surface area contributed by atoms with Gasteiger partial charge in [0.2, 0.25) is 0 Å². The van der Waals surface area contributed by atoms with Gasteiger partial charge in [-0.05, 0) is 43.3 Å². The van der Waals surface area contributed by atoms with Crippen molar-refractivity contribution in [1.82, 2.24) is 5.32 Å². The second kappa shape index (κ2) is 8.70. The van der Waals surface area contributed by atoms with Crippen molar-refractivity contribution >= 4 is 15.9 Å². The third kappa shape index (κ3) is 5.40. The fraction of sp³-hybridized carbons (Fsp3) is 0.294. The molecule has 0 bridgehead atoms.